The SMILES string of the molecule is O=C(COC(=O)C1CC2OC2CC1C(=O)OCC(=O)OCC1CCC2OC2C1)OCC1CCC2OC2C1. The highest BCUT2D eigenvalue weighted by Crippen LogP contribution is 2.44. The largest absolute Gasteiger partial charge is 0.463 e. The maximum atomic E-state index is 12.8. The first-order chi connectivity index (χ1) is 17.9. The second-order valence-electron chi connectivity index (χ2n) is 11.3. The third-order valence-corrected chi connectivity index (χ3v) is 8.60. The van der Waals surface area contributed by atoms with Crippen LogP contribution in [0, 0.1) is 23.7 Å². The molecule has 3 aliphatic carbocycles. The van der Waals surface area contributed by atoms with Crippen molar-refractivity contribution in [1.29, 1.82) is 0 Å². The Bertz CT molecular complexity index is 848. The number of carbonyl (C=O) groups is 4. The van der Waals surface area contributed by atoms with E-state index in [1.807, 2.05) is 0 Å². The lowest BCUT2D eigenvalue weighted by molar-refractivity contribution is -0.170. The minimum Gasteiger partial charge on any atom is -0.463 e. The van der Waals surface area contributed by atoms with Crippen LogP contribution in [0.15, 0.2) is 0 Å². The van der Waals surface area contributed by atoms with Crippen LogP contribution >= 0.6 is 0 Å². The topological polar surface area (TPSA) is 143 Å². The molecule has 10 atom stereocenters. The number of esters is 4. The first-order valence-electron chi connectivity index (χ1n) is 13.5. The van der Waals surface area contributed by atoms with Gasteiger partial charge in [-0.05, 0) is 63.2 Å². The molecule has 0 aromatic heterocycles. The van der Waals surface area contributed by atoms with E-state index in [9.17, 15) is 19.2 Å². The standard InChI is InChI=1S/C26H34O11/c27-23(31-9-13-1-3-17-19(5-13)35-17)11-33-25(29)15-7-21-22(37-21)8-16(15)26(30)34-12-24(28)32-10-14-2-4-18-20(6-14)36-18/h13-22H,1-12H2. The summed E-state index contributed by atoms with van der Waals surface area (Å²) >= 11 is 0. The molecule has 3 heterocycles. The second-order valence-corrected chi connectivity index (χ2v) is 11.3. The molecule has 0 bridgehead atoms. The molecule has 6 fully saturated rings. The predicted molar refractivity (Wildman–Crippen MR) is 121 cm³/mol. The molecular formula is C26H34O11. The fourth-order valence-electron chi connectivity index (χ4n) is 6.20. The van der Waals surface area contributed by atoms with Crippen molar-refractivity contribution in [2.24, 2.45) is 23.7 Å². The van der Waals surface area contributed by atoms with E-state index in [1.165, 1.54) is 0 Å². The van der Waals surface area contributed by atoms with Gasteiger partial charge in [0.15, 0.2) is 13.2 Å². The van der Waals surface area contributed by atoms with E-state index in [4.69, 9.17) is 33.2 Å². The molecule has 0 amide bonds. The van der Waals surface area contributed by atoms with E-state index in [2.05, 4.69) is 0 Å². The van der Waals surface area contributed by atoms with Gasteiger partial charge in [-0.2, -0.15) is 0 Å². The van der Waals surface area contributed by atoms with Crippen LogP contribution in [0.25, 0.3) is 0 Å². The zero-order valence-corrected chi connectivity index (χ0v) is 20.7. The minimum absolute atomic E-state index is 0.108. The third-order valence-electron chi connectivity index (χ3n) is 8.60. The van der Waals surface area contributed by atoms with Crippen molar-refractivity contribution < 1.29 is 52.3 Å². The van der Waals surface area contributed by atoms with E-state index in [1.54, 1.807) is 0 Å². The van der Waals surface area contributed by atoms with Crippen molar-refractivity contribution in [3.63, 3.8) is 0 Å². The molecule has 3 aliphatic heterocycles. The Morgan fingerprint density at radius 1 is 0.514 bits per heavy atom. The quantitative estimate of drug-likeness (QED) is 0.231. The van der Waals surface area contributed by atoms with Gasteiger partial charge in [-0.1, -0.05) is 0 Å². The summed E-state index contributed by atoms with van der Waals surface area (Å²) in [6, 6.07) is 0. The number of carbonyl (C=O) groups excluding carboxylic acids is 4. The lowest BCUT2D eigenvalue weighted by atomic mass is 9.79. The average Bonchev–Trinajstić information content (AvgIpc) is 3.79. The van der Waals surface area contributed by atoms with Crippen LogP contribution in [-0.2, 0) is 52.3 Å². The van der Waals surface area contributed by atoms with Gasteiger partial charge in [0.05, 0.1) is 61.7 Å². The van der Waals surface area contributed by atoms with E-state index < -0.39 is 48.9 Å². The van der Waals surface area contributed by atoms with Crippen LogP contribution < -0.4 is 0 Å². The van der Waals surface area contributed by atoms with Gasteiger partial charge in [-0.15, -0.1) is 0 Å². The Hall–Kier alpha value is -2.24. The molecule has 0 spiro atoms. The number of fused-ring (bicyclic) bond motifs is 3. The average molecular weight is 523 g/mol. The Morgan fingerprint density at radius 3 is 1.35 bits per heavy atom. The Balaban J connectivity index is 0.913. The molecule has 6 rings (SSSR count). The van der Waals surface area contributed by atoms with Crippen molar-refractivity contribution in [1.82, 2.24) is 0 Å². The molecule has 0 aromatic carbocycles. The number of hydrogen-bond donors (Lipinski definition) is 0. The van der Waals surface area contributed by atoms with Gasteiger partial charge in [0.1, 0.15) is 0 Å². The van der Waals surface area contributed by atoms with E-state index in [0.717, 1.165) is 38.5 Å². The number of hydrogen-bond acceptors (Lipinski definition) is 11. The number of rotatable bonds is 10. The Kier molecular flexibility index (Phi) is 7.11. The highest BCUT2D eigenvalue weighted by Gasteiger charge is 2.54. The zero-order valence-electron chi connectivity index (χ0n) is 20.7. The molecule has 6 aliphatic rings. The van der Waals surface area contributed by atoms with Crippen LogP contribution in [0.1, 0.15) is 51.4 Å². The lowest BCUT2D eigenvalue weighted by Gasteiger charge is -2.26. The second kappa shape index (κ2) is 10.5. The Morgan fingerprint density at radius 2 is 0.919 bits per heavy atom. The highest BCUT2D eigenvalue weighted by molar-refractivity contribution is 5.85. The van der Waals surface area contributed by atoms with Gasteiger partial charge in [0.25, 0.3) is 0 Å². The van der Waals surface area contributed by atoms with Crippen LogP contribution in [0.2, 0.25) is 0 Å². The Labute approximate surface area is 214 Å². The molecule has 3 saturated carbocycles. The monoisotopic (exact) mass is 522 g/mol. The number of ether oxygens (including phenoxy) is 7. The molecule has 0 N–H and O–H groups in total. The smallest absolute Gasteiger partial charge is 0.344 e. The summed E-state index contributed by atoms with van der Waals surface area (Å²) in [4.78, 5) is 49.8. The summed E-state index contributed by atoms with van der Waals surface area (Å²) in [5, 5.41) is 0. The van der Waals surface area contributed by atoms with Crippen molar-refractivity contribution in [2.75, 3.05) is 26.4 Å². The van der Waals surface area contributed by atoms with Crippen LogP contribution in [0.3, 0.4) is 0 Å². The molecule has 11 nitrogen and oxygen atoms in total. The summed E-state index contributed by atoms with van der Waals surface area (Å²) in [6.45, 7) is -0.460. The third kappa shape index (κ3) is 6.26. The normalized spacial score (nSPS) is 40.6. The van der Waals surface area contributed by atoms with Crippen molar-refractivity contribution >= 4 is 23.9 Å². The molecule has 0 aromatic rings. The molecule has 204 valence electrons. The zero-order chi connectivity index (χ0) is 25.5. The van der Waals surface area contributed by atoms with Crippen LogP contribution in [0.5, 0.6) is 0 Å². The van der Waals surface area contributed by atoms with Gasteiger partial charge in [-0.3, -0.25) is 9.59 Å². The fourth-order valence-corrected chi connectivity index (χ4v) is 6.20. The summed E-state index contributed by atoms with van der Waals surface area (Å²) in [6.07, 6.45) is 7.39. The van der Waals surface area contributed by atoms with Gasteiger partial charge >= 0.3 is 23.9 Å². The lowest BCUT2D eigenvalue weighted by Crippen LogP contribution is -2.39. The first kappa shape index (κ1) is 25.1. The number of epoxide rings is 3. The summed E-state index contributed by atoms with van der Waals surface area (Å²) < 4.78 is 37.4. The van der Waals surface area contributed by atoms with Crippen LogP contribution in [0.4, 0.5) is 0 Å². The van der Waals surface area contributed by atoms with Crippen molar-refractivity contribution in [3.05, 3.63) is 0 Å². The molecular weight excluding hydrogens is 488 g/mol. The maximum Gasteiger partial charge on any atom is 0.344 e. The predicted octanol–water partition coefficient (Wildman–Crippen LogP) is 1.09. The molecule has 37 heavy (non-hydrogen) atoms. The molecule has 3 saturated heterocycles. The first-order valence-corrected chi connectivity index (χ1v) is 13.5. The molecule has 11 heteroatoms. The maximum absolute atomic E-state index is 12.8. The van der Waals surface area contributed by atoms with Crippen LogP contribution in [-0.4, -0.2) is 86.9 Å². The molecule has 0 radical (unpaired) electrons. The minimum atomic E-state index is -0.809. The van der Waals surface area contributed by atoms with E-state index >= 15 is 0 Å². The van der Waals surface area contributed by atoms with Crippen molar-refractivity contribution in [3.8, 4) is 0 Å². The fraction of sp³-hybridized carbons (Fsp3) is 0.846. The van der Waals surface area contributed by atoms with Gasteiger partial charge in [-0.25, -0.2) is 9.59 Å². The summed E-state index contributed by atoms with van der Waals surface area (Å²) in [5.41, 5.74) is 0. The van der Waals surface area contributed by atoms with Gasteiger partial charge < -0.3 is 33.2 Å². The van der Waals surface area contributed by atoms with Crippen molar-refractivity contribution in [2.45, 2.75) is 88.0 Å². The van der Waals surface area contributed by atoms with Gasteiger partial charge in [0, 0.05) is 0 Å². The van der Waals surface area contributed by atoms with E-state index in [0.29, 0.717) is 37.3 Å². The molecule has 10 unspecified atom stereocenters. The van der Waals surface area contributed by atoms with Gasteiger partial charge in [0.2, 0.25) is 0 Å². The van der Waals surface area contributed by atoms with E-state index in [-0.39, 0.29) is 37.3 Å². The summed E-state index contributed by atoms with van der Waals surface area (Å²) in [7, 11) is 0. The summed E-state index contributed by atoms with van der Waals surface area (Å²) in [5.74, 6) is -3.66. The highest BCUT2D eigenvalue weighted by atomic mass is 16.6.